The minimum absolute atomic E-state index is 0.282. The Balaban J connectivity index is 1.82. The molecule has 0 spiro atoms. The first-order chi connectivity index (χ1) is 12.7. The Morgan fingerprint density at radius 2 is 1.85 bits per heavy atom. The van der Waals surface area contributed by atoms with Gasteiger partial charge in [0.05, 0.1) is 6.61 Å². The maximum Gasteiger partial charge on any atom is 0.330 e. The number of benzene rings is 3. The van der Waals surface area contributed by atoms with E-state index < -0.39 is 0 Å². The van der Waals surface area contributed by atoms with Crippen molar-refractivity contribution in [2.45, 2.75) is 26.7 Å². The minimum atomic E-state index is -0.282. The second-order valence-electron chi connectivity index (χ2n) is 6.45. The fourth-order valence-corrected chi connectivity index (χ4v) is 3.03. The number of unbranched alkanes of at least 4 members (excludes halogenated alkanes) is 1. The van der Waals surface area contributed by atoms with Crippen molar-refractivity contribution in [3.8, 4) is 11.1 Å². The second kappa shape index (κ2) is 8.48. The quantitative estimate of drug-likeness (QED) is 0.303. The van der Waals surface area contributed by atoms with Crippen molar-refractivity contribution in [3.05, 3.63) is 77.9 Å². The molecule has 0 amide bonds. The molecular weight excluding hydrogens is 320 g/mol. The van der Waals surface area contributed by atoms with Crippen molar-refractivity contribution in [1.82, 2.24) is 0 Å². The van der Waals surface area contributed by atoms with E-state index in [-0.39, 0.29) is 5.97 Å². The lowest BCUT2D eigenvalue weighted by Gasteiger charge is -2.09. The third-order valence-electron chi connectivity index (χ3n) is 4.51. The van der Waals surface area contributed by atoms with Crippen molar-refractivity contribution in [1.29, 1.82) is 0 Å². The van der Waals surface area contributed by atoms with E-state index in [9.17, 15) is 4.79 Å². The summed E-state index contributed by atoms with van der Waals surface area (Å²) >= 11 is 0. The molecule has 26 heavy (non-hydrogen) atoms. The highest BCUT2D eigenvalue weighted by molar-refractivity contribution is 5.97. The van der Waals surface area contributed by atoms with Gasteiger partial charge in [0.1, 0.15) is 0 Å². The SMILES string of the molecule is CCCCOC(=O)/C=C/c1ccc(-c2cccc3ccccc23)cc1C. The summed E-state index contributed by atoms with van der Waals surface area (Å²) in [5, 5.41) is 2.48. The van der Waals surface area contributed by atoms with E-state index >= 15 is 0 Å². The monoisotopic (exact) mass is 344 g/mol. The zero-order valence-corrected chi connectivity index (χ0v) is 15.4. The standard InChI is InChI=1S/C24H24O2/c1-3-4-16-26-24(25)15-14-19-12-13-21(17-18(19)2)23-11-7-9-20-8-5-6-10-22(20)23/h5-15,17H,3-4,16H2,1-2H3/b15-14+. The van der Waals surface area contributed by atoms with E-state index in [1.807, 2.05) is 6.08 Å². The summed E-state index contributed by atoms with van der Waals surface area (Å²) in [6.07, 6.45) is 5.26. The lowest BCUT2D eigenvalue weighted by Crippen LogP contribution is -2.01. The minimum Gasteiger partial charge on any atom is -0.463 e. The molecule has 0 N–H and O–H groups in total. The Morgan fingerprint density at radius 1 is 1.04 bits per heavy atom. The van der Waals surface area contributed by atoms with Crippen LogP contribution < -0.4 is 0 Å². The first kappa shape index (κ1) is 17.9. The van der Waals surface area contributed by atoms with Gasteiger partial charge in [-0.2, -0.15) is 0 Å². The van der Waals surface area contributed by atoms with Crippen LogP contribution in [0.25, 0.3) is 28.0 Å². The largest absolute Gasteiger partial charge is 0.463 e. The summed E-state index contributed by atoms with van der Waals surface area (Å²) in [4.78, 5) is 11.7. The molecule has 0 unspecified atom stereocenters. The molecule has 0 aliphatic rings. The molecule has 2 heteroatoms. The van der Waals surface area contributed by atoms with Gasteiger partial charge in [-0.05, 0) is 52.4 Å². The van der Waals surface area contributed by atoms with Gasteiger partial charge in [-0.1, -0.05) is 74.0 Å². The van der Waals surface area contributed by atoms with Gasteiger partial charge in [0.15, 0.2) is 0 Å². The van der Waals surface area contributed by atoms with Gasteiger partial charge in [0.25, 0.3) is 0 Å². The molecule has 0 atom stereocenters. The summed E-state index contributed by atoms with van der Waals surface area (Å²) < 4.78 is 5.16. The van der Waals surface area contributed by atoms with Gasteiger partial charge < -0.3 is 4.74 Å². The highest BCUT2D eigenvalue weighted by Gasteiger charge is 2.05. The van der Waals surface area contributed by atoms with Crippen LogP contribution in [0.1, 0.15) is 30.9 Å². The number of carbonyl (C=O) groups is 1. The van der Waals surface area contributed by atoms with Crippen LogP contribution in [-0.2, 0) is 9.53 Å². The fourth-order valence-electron chi connectivity index (χ4n) is 3.03. The first-order valence-corrected chi connectivity index (χ1v) is 9.12. The van der Waals surface area contributed by atoms with Crippen LogP contribution in [0.2, 0.25) is 0 Å². The number of rotatable bonds is 6. The number of hydrogen-bond donors (Lipinski definition) is 0. The average molecular weight is 344 g/mol. The molecule has 0 bridgehead atoms. The third kappa shape index (κ3) is 4.20. The van der Waals surface area contributed by atoms with Crippen LogP contribution >= 0.6 is 0 Å². The third-order valence-corrected chi connectivity index (χ3v) is 4.51. The average Bonchev–Trinajstić information content (AvgIpc) is 2.67. The van der Waals surface area contributed by atoms with Crippen molar-refractivity contribution in [3.63, 3.8) is 0 Å². The van der Waals surface area contributed by atoms with E-state index in [1.54, 1.807) is 0 Å². The summed E-state index contributed by atoms with van der Waals surface area (Å²) in [5.41, 5.74) is 4.57. The van der Waals surface area contributed by atoms with E-state index in [0.717, 1.165) is 24.0 Å². The normalized spacial score (nSPS) is 11.2. The van der Waals surface area contributed by atoms with Crippen LogP contribution in [0, 0.1) is 6.92 Å². The molecule has 0 fully saturated rings. The number of fused-ring (bicyclic) bond motifs is 1. The van der Waals surface area contributed by atoms with E-state index in [0.29, 0.717) is 6.61 Å². The van der Waals surface area contributed by atoms with Gasteiger partial charge in [-0.25, -0.2) is 4.79 Å². The number of esters is 1. The first-order valence-electron chi connectivity index (χ1n) is 9.12. The summed E-state index contributed by atoms with van der Waals surface area (Å²) in [6, 6.07) is 21.1. The Labute approximate surface area is 155 Å². The topological polar surface area (TPSA) is 26.3 Å². The predicted octanol–water partition coefficient (Wildman–Crippen LogP) is 6.17. The summed E-state index contributed by atoms with van der Waals surface area (Å²) in [6.45, 7) is 4.62. The number of ether oxygens (including phenoxy) is 1. The molecule has 132 valence electrons. The van der Waals surface area contributed by atoms with Crippen LogP contribution in [0.15, 0.2) is 66.7 Å². The number of aryl methyl sites for hydroxylation is 1. The Hall–Kier alpha value is -2.87. The van der Waals surface area contributed by atoms with Gasteiger partial charge in [-0.15, -0.1) is 0 Å². The predicted molar refractivity (Wildman–Crippen MR) is 109 cm³/mol. The van der Waals surface area contributed by atoms with Crippen molar-refractivity contribution < 1.29 is 9.53 Å². The molecule has 0 heterocycles. The highest BCUT2D eigenvalue weighted by Crippen LogP contribution is 2.30. The molecule has 2 nitrogen and oxygen atoms in total. The fraction of sp³-hybridized carbons (Fsp3) is 0.208. The van der Waals surface area contributed by atoms with Crippen LogP contribution in [0.3, 0.4) is 0 Å². The van der Waals surface area contributed by atoms with Crippen molar-refractivity contribution >= 4 is 22.8 Å². The molecule has 3 aromatic rings. The zero-order chi connectivity index (χ0) is 18.4. The van der Waals surface area contributed by atoms with Gasteiger partial charge >= 0.3 is 5.97 Å². The van der Waals surface area contributed by atoms with Gasteiger partial charge in [0, 0.05) is 6.08 Å². The maximum absolute atomic E-state index is 11.7. The van der Waals surface area contributed by atoms with Gasteiger partial charge in [-0.3, -0.25) is 0 Å². The van der Waals surface area contributed by atoms with E-state index in [2.05, 4.69) is 74.5 Å². The number of hydrogen-bond acceptors (Lipinski definition) is 2. The molecule has 3 rings (SSSR count). The molecule has 0 radical (unpaired) electrons. The van der Waals surface area contributed by atoms with Crippen LogP contribution in [0.4, 0.5) is 0 Å². The zero-order valence-electron chi connectivity index (χ0n) is 15.4. The van der Waals surface area contributed by atoms with Crippen LogP contribution in [0.5, 0.6) is 0 Å². The molecule has 3 aromatic carbocycles. The summed E-state index contributed by atoms with van der Waals surface area (Å²) in [7, 11) is 0. The Bertz CT molecular complexity index is 933. The molecule has 0 aliphatic heterocycles. The lowest BCUT2D eigenvalue weighted by atomic mass is 9.95. The maximum atomic E-state index is 11.7. The molecule has 0 aliphatic carbocycles. The van der Waals surface area contributed by atoms with E-state index in [4.69, 9.17) is 4.74 Å². The summed E-state index contributed by atoms with van der Waals surface area (Å²) in [5.74, 6) is -0.282. The van der Waals surface area contributed by atoms with Crippen molar-refractivity contribution in [2.24, 2.45) is 0 Å². The van der Waals surface area contributed by atoms with Crippen molar-refractivity contribution in [2.75, 3.05) is 6.61 Å². The molecular formula is C24H24O2. The van der Waals surface area contributed by atoms with Gasteiger partial charge in [0.2, 0.25) is 0 Å². The lowest BCUT2D eigenvalue weighted by molar-refractivity contribution is -0.137. The molecule has 0 aromatic heterocycles. The van der Waals surface area contributed by atoms with Crippen LogP contribution in [-0.4, -0.2) is 12.6 Å². The smallest absolute Gasteiger partial charge is 0.330 e. The second-order valence-corrected chi connectivity index (χ2v) is 6.45. The Kier molecular flexibility index (Phi) is 5.85. The molecule has 0 saturated carbocycles. The van der Waals surface area contributed by atoms with E-state index in [1.165, 1.54) is 28.0 Å². The Morgan fingerprint density at radius 3 is 2.65 bits per heavy atom. The highest BCUT2D eigenvalue weighted by atomic mass is 16.5. The number of carbonyl (C=O) groups excluding carboxylic acids is 1. The molecule has 0 saturated heterocycles.